The fraction of sp³-hybridized carbons (Fsp3) is 0.125. The van der Waals surface area contributed by atoms with Crippen LogP contribution in [0.5, 0.6) is 0 Å². The van der Waals surface area contributed by atoms with Crippen molar-refractivity contribution in [3.63, 3.8) is 0 Å². The molecule has 0 saturated carbocycles. The van der Waals surface area contributed by atoms with Gasteiger partial charge < -0.3 is 4.79 Å². The number of carbonyl (C=O) groups is 2. The molecule has 0 bridgehead atoms. The molecular weight excluding hydrogens is 304 g/mol. The third-order valence-corrected chi connectivity index (χ3v) is 3.69. The molecule has 0 radical (unpaired) electrons. The number of halogens is 1. The van der Waals surface area contributed by atoms with Crippen LogP contribution in [-0.4, -0.2) is 12.1 Å². The lowest BCUT2D eigenvalue weighted by Gasteiger charge is -2.11. The Hall–Kier alpha value is -1.74. The average molecular weight is 317 g/mol. The molecule has 0 spiro atoms. The number of Topliss-reactive ketones (excluding diaryl/α,β-unsaturated/α-hetero) is 1. The molecule has 0 aliphatic carbocycles. The number of hydrogen-bond acceptors (Lipinski definition) is 2. The summed E-state index contributed by atoms with van der Waals surface area (Å²) in [5.74, 6) is -0.939. The van der Waals surface area contributed by atoms with E-state index in [4.69, 9.17) is 0 Å². The maximum Gasteiger partial charge on any atom is 0.178 e. The van der Waals surface area contributed by atoms with Gasteiger partial charge in [-0.1, -0.05) is 64.0 Å². The minimum absolute atomic E-state index is 0.189. The molecule has 0 aromatic heterocycles. The fourth-order valence-electron chi connectivity index (χ4n) is 1.89. The van der Waals surface area contributed by atoms with Crippen LogP contribution >= 0.6 is 15.9 Å². The minimum atomic E-state index is -0.751. The maximum absolute atomic E-state index is 12.4. The first-order valence-corrected chi connectivity index (χ1v) is 6.73. The van der Waals surface area contributed by atoms with E-state index >= 15 is 0 Å². The van der Waals surface area contributed by atoms with Crippen molar-refractivity contribution in [3.8, 4) is 0 Å². The van der Waals surface area contributed by atoms with E-state index in [1.807, 2.05) is 37.3 Å². The van der Waals surface area contributed by atoms with Gasteiger partial charge in [0.2, 0.25) is 0 Å². The highest BCUT2D eigenvalue weighted by molar-refractivity contribution is 9.10. The van der Waals surface area contributed by atoms with Gasteiger partial charge in [-0.05, 0) is 18.6 Å². The normalized spacial score (nSPS) is 11.9. The van der Waals surface area contributed by atoms with Crippen molar-refractivity contribution in [3.05, 3.63) is 69.7 Å². The van der Waals surface area contributed by atoms with Crippen LogP contribution < -0.4 is 0 Å². The second kappa shape index (κ2) is 5.93. The van der Waals surface area contributed by atoms with E-state index in [0.29, 0.717) is 16.3 Å². The van der Waals surface area contributed by atoms with Gasteiger partial charge in [0.1, 0.15) is 12.2 Å². The lowest BCUT2D eigenvalue weighted by atomic mass is 9.91. The molecular formula is C16H13BrO2. The van der Waals surface area contributed by atoms with E-state index in [1.54, 1.807) is 18.2 Å². The number of hydrogen-bond donors (Lipinski definition) is 0. The topological polar surface area (TPSA) is 34.1 Å². The number of ketones is 1. The molecule has 2 aromatic rings. The SMILES string of the molecule is Cc1ccc(C(C=O)C(=O)c2ccccc2Br)cc1. The average Bonchev–Trinajstić information content (AvgIpc) is 2.42. The fourth-order valence-corrected chi connectivity index (χ4v) is 2.37. The van der Waals surface area contributed by atoms with Gasteiger partial charge in [0.15, 0.2) is 5.78 Å². The van der Waals surface area contributed by atoms with Gasteiger partial charge in [-0.15, -0.1) is 0 Å². The van der Waals surface area contributed by atoms with Crippen molar-refractivity contribution in [2.75, 3.05) is 0 Å². The molecule has 0 aliphatic heterocycles. The maximum atomic E-state index is 12.4. The van der Waals surface area contributed by atoms with Gasteiger partial charge in [-0.2, -0.15) is 0 Å². The molecule has 1 atom stereocenters. The van der Waals surface area contributed by atoms with E-state index in [-0.39, 0.29) is 5.78 Å². The van der Waals surface area contributed by atoms with Gasteiger partial charge in [0, 0.05) is 10.0 Å². The predicted molar refractivity (Wildman–Crippen MR) is 78.5 cm³/mol. The smallest absolute Gasteiger partial charge is 0.178 e. The first-order chi connectivity index (χ1) is 9.13. The summed E-state index contributed by atoms with van der Waals surface area (Å²) >= 11 is 3.34. The Labute approximate surface area is 120 Å². The zero-order valence-electron chi connectivity index (χ0n) is 10.5. The molecule has 2 rings (SSSR count). The number of aldehydes is 1. The summed E-state index contributed by atoms with van der Waals surface area (Å²) in [6.07, 6.45) is 0.701. The van der Waals surface area contributed by atoms with E-state index in [2.05, 4.69) is 15.9 Å². The quantitative estimate of drug-likeness (QED) is 0.486. The molecule has 3 heteroatoms. The number of benzene rings is 2. The molecule has 0 amide bonds. The molecule has 0 heterocycles. The minimum Gasteiger partial charge on any atom is -0.302 e. The lowest BCUT2D eigenvalue weighted by Crippen LogP contribution is -2.14. The van der Waals surface area contributed by atoms with Crippen molar-refractivity contribution in [1.82, 2.24) is 0 Å². The van der Waals surface area contributed by atoms with Crippen LogP contribution in [0.15, 0.2) is 53.0 Å². The van der Waals surface area contributed by atoms with Gasteiger partial charge in [0.05, 0.1) is 0 Å². The third kappa shape index (κ3) is 2.99. The van der Waals surface area contributed by atoms with Crippen molar-refractivity contribution in [2.24, 2.45) is 0 Å². The summed E-state index contributed by atoms with van der Waals surface area (Å²) in [5.41, 5.74) is 2.35. The van der Waals surface area contributed by atoms with Crippen LogP contribution in [0.4, 0.5) is 0 Å². The summed E-state index contributed by atoms with van der Waals surface area (Å²) in [7, 11) is 0. The Bertz CT molecular complexity index is 602. The summed E-state index contributed by atoms with van der Waals surface area (Å²) in [6.45, 7) is 1.97. The Morgan fingerprint density at radius 3 is 2.32 bits per heavy atom. The van der Waals surface area contributed by atoms with Gasteiger partial charge in [-0.3, -0.25) is 4.79 Å². The van der Waals surface area contributed by atoms with Crippen LogP contribution in [-0.2, 0) is 4.79 Å². The summed E-state index contributed by atoms with van der Waals surface area (Å²) in [6, 6.07) is 14.6. The van der Waals surface area contributed by atoms with Crippen molar-refractivity contribution in [2.45, 2.75) is 12.8 Å². The zero-order valence-corrected chi connectivity index (χ0v) is 12.1. The van der Waals surface area contributed by atoms with Crippen LogP contribution in [0.2, 0.25) is 0 Å². The van der Waals surface area contributed by atoms with E-state index < -0.39 is 5.92 Å². The van der Waals surface area contributed by atoms with E-state index in [1.165, 1.54) is 0 Å². The number of aryl methyl sites for hydroxylation is 1. The Morgan fingerprint density at radius 1 is 1.11 bits per heavy atom. The highest BCUT2D eigenvalue weighted by Gasteiger charge is 2.22. The Balaban J connectivity index is 2.38. The van der Waals surface area contributed by atoms with Crippen molar-refractivity contribution >= 4 is 28.0 Å². The third-order valence-electron chi connectivity index (χ3n) is 2.99. The Morgan fingerprint density at radius 2 is 1.74 bits per heavy atom. The molecule has 1 unspecified atom stereocenters. The van der Waals surface area contributed by atoms with Crippen molar-refractivity contribution in [1.29, 1.82) is 0 Å². The first kappa shape index (κ1) is 13.7. The van der Waals surface area contributed by atoms with Crippen LogP contribution in [0.1, 0.15) is 27.4 Å². The summed E-state index contributed by atoms with van der Waals surface area (Å²) < 4.78 is 0.707. The van der Waals surface area contributed by atoms with Gasteiger partial charge in [0.25, 0.3) is 0 Å². The highest BCUT2D eigenvalue weighted by Crippen LogP contribution is 2.24. The highest BCUT2D eigenvalue weighted by atomic mass is 79.9. The van der Waals surface area contributed by atoms with Crippen LogP contribution in [0.3, 0.4) is 0 Å². The van der Waals surface area contributed by atoms with Gasteiger partial charge in [-0.25, -0.2) is 0 Å². The van der Waals surface area contributed by atoms with E-state index in [0.717, 1.165) is 11.1 Å². The van der Waals surface area contributed by atoms with Crippen LogP contribution in [0, 0.1) is 6.92 Å². The molecule has 0 N–H and O–H groups in total. The Kier molecular flexibility index (Phi) is 4.27. The standard InChI is InChI=1S/C16H13BrO2/c1-11-6-8-12(9-7-11)14(10-18)16(19)13-4-2-3-5-15(13)17/h2-10,14H,1H3. The molecule has 0 saturated heterocycles. The summed E-state index contributed by atoms with van der Waals surface area (Å²) in [5, 5.41) is 0. The predicted octanol–water partition coefficient (Wildman–Crippen LogP) is 3.92. The summed E-state index contributed by atoms with van der Waals surface area (Å²) in [4.78, 5) is 23.7. The monoisotopic (exact) mass is 316 g/mol. The second-order valence-corrected chi connectivity index (χ2v) is 5.22. The van der Waals surface area contributed by atoms with Crippen LogP contribution in [0.25, 0.3) is 0 Å². The number of rotatable bonds is 4. The molecule has 0 aliphatic rings. The zero-order chi connectivity index (χ0) is 13.8. The largest absolute Gasteiger partial charge is 0.302 e. The second-order valence-electron chi connectivity index (χ2n) is 4.37. The van der Waals surface area contributed by atoms with E-state index in [9.17, 15) is 9.59 Å². The first-order valence-electron chi connectivity index (χ1n) is 5.94. The lowest BCUT2D eigenvalue weighted by molar-refractivity contribution is -0.108. The van der Waals surface area contributed by atoms with Crippen molar-refractivity contribution < 1.29 is 9.59 Å². The molecule has 0 fully saturated rings. The molecule has 96 valence electrons. The number of carbonyl (C=O) groups excluding carboxylic acids is 2. The molecule has 2 aromatic carbocycles. The van der Waals surface area contributed by atoms with Gasteiger partial charge >= 0.3 is 0 Å². The molecule has 19 heavy (non-hydrogen) atoms. The molecule has 2 nitrogen and oxygen atoms in total.